The molecule has 2 rings (SSSR count). The number of nitrogens with one attached hydrogen (secondary N) is 2. The number of hydrogen-bond acceptors (Lipinski definition) is 5. The maximum Gasteiger partial charge on any atom is 0.141 e. The van der Waals surface area contributed by atoms with Gasteiger partial charge in [0, 0.05) is 30.6 Å². The van der Waals surface area contributed by atoms with E-state index in [4.69, 9.17) is 10.6 Å². The highest BCUT2D eigenvalue weighted by Crippen LogP contribution is 2.27. The quantitative estimate of drug-likeness (QED) is 0.518. The molecule has 0 amide bonds. The van der Waals surface area contributed by atoms with Crippen LogP contribution >= 0.6 is 0 Å². The van der Waals surface area contributed by atoms with Crippen molar-refractivity contribution in [2.75, 3.05) is 17.3 Å². The lowest BCUT2D eigenvalue weighted by Crippen LogP contribution is -2.40. The predicted molar refractivity (Wildman–Crippen MR) is 64.1 cm³/mol. The first kappa shape index (κ1) is 11.2. The molecule has 1 heterocycles. The third-order valence-electron chi connectivity index (χ3n) is 2.78. The molecule has 1 saturated carbocycles. The van der Waals surface area contributed by atoms with E-state index in [0.717, 1.165) is 25.1 Å². The van der Waals surface area contributed by atoms with Gasteiger partial charge in [-0.3, -0.25) is 0 Å². The molecule has 0 radical (unpaired) electrons. The lowest BCUT2D eigenvalue weighted by molar-refractivity contribution is 0.00299. The Balaban J connectivity index is 1.82. The van der Waals surface area contributed by atoms with Crippen molar-refractivity contribution in [1.29, 1.82) is 0 Å². The Morgan fingerprint density at radius 1 is 1.56 bits per heavy atom. The minimum Gasteiger partial charge on any atom is -0.382 e. The zero-order valence-corrected chi connectivity index (χ0v) is 9.44. The van der Waals surface area contributed by atoms with Gasteiger partial charge in [-0.1, -0.05) is 0 Å². The van der Waals surface area contributed by atoms with Gasteiger partial charge in [0.05, 0.1) is 6.10 Å². The Bertz CT molecular complexity index is 339. The molecule has 0 saturated heterocycles. The first-order valence-electron chi connectivity index (χ1n) is 5.62. The second-order valence-electron chi connectivity index (χ2n) is 3.96. The third kappa shape index (κ3) is 2.62. The molecule has 1 aromatic heterocycles. The Morgan fingerprint density at radius 2 is 2.38 bits per heavy atom. The van der Waals surface area contributed by atoms with E-state index >= 15 is 0 Å². The number of nitrogens with two attached hydrogens (primary N) is 1. The first-order valence-corrected chi connectivity index (χ1v) is 5.62. The summed E-state index contributed by atoms with van der Waals surface area (Å²) in [7, 11) is 0. The summed E-state index contributed by atoms with van der Waals surface area (Å²) in [6.07, 6.45) is 4.30. The Kier molecular flexibility index (Phi) is 3.58. The van der Waals surface area contributed by atoms with Crippen molar-refractivity contribution >= 4 is 11.5 Å². The molecule has 0 aromatic carbocycles. The molecule has 4 N–H and O–H groups in total. The highest BCUT2D eigenvalue weighted by atomic mass is 16.5. The molecule has 1 aliphatic carbocycles. The van der Waals surface area contributed by atoms with E-state index in [1.165, 1.54) is 0 Å². The smallest absolute Gasteiger partial charge is 0.141 e. The minimum atomic E-state index is 0.427. The highest BCUT2D eigenvalue weighted by molar-refractivity contribution is 5.52. The molecular formula is C11H18N4O. The number of nitrogens with zero attached hydrogens (tertiary/aromatic N) is 1. The lowest BCUT2D eigenvalue weighted by atomic mass is 9.89. The van der Waals surface area contributed by atoms with Gasteiger partial charge in [0.1, 0.15) is 5.82 Å². The second kappa shape index (κ2) is 5.14. The number of hydrogen-bond donors (Lipinski definition) is 3. The molecule has 0 spiro atoms. The molecule has 0 bridgehead atoms. The minimum absolute atomic E-state index is 0.427. The molecule has 1 aliphatic rings. The number of ether oxygens (including phenoxy) is 1. The van der Waals surface area contributed by atoms with Crippen molar-refractivity contribution in [1.82, 2.24) is 4.98 Å². The number of aromatic nitrogens is 1. The van der Waals surface area contributed by atoms with E-state index < -0.39 is 0 Å². The van der Waals surface area contributed by atoms with Gasteiger partial charge >= 0.3 is 0 Å². The maximum absolute atomic E-state index is 5.51. The molecule has 1 aromatic rings. The summed E-state index contributed by atoms with van der Waals surface area (Å²) in [5, 5.41) is 3.43. The van der Waals surface area contributed by atoms with Crippen LogP contribution in [-0.2, 0) is 4.74 Å². The molecule has 5 nitrogen and oxygen atoms in total. The van der Waals surface area contributed by atoms with Gasteiger partial charge in [0.25, 0.3) is 0 Å². The van der Waals surface area contributed by atoms with Crippen LogP contribution in [0.25, 0.3) is 0 Å². The number of anilines is 2. The van der Waals surface area contributed by atoms with Crippen LogP contribution in [0.3, 0.4) is 0 Å². The van der Waals surface area contributed by atoms with Crippen molar-refractivity contribution in [2.24, 2.45) is 5.84 Å². The molecule has 0 aliphatic heterocycles. The molecule has 1 fully saturated rings. The van der Waals surface area contributed by atoms with Crippen LogP contribution in [0.2, 0.25) is 0 Å². The summed E-state index contributed by atoms with van der Waals surface area (Å²) in [4.78, 5) is 4.05. The summed E-state index contributed by atoms with van der Waals surface area (Å²) < 4.78 is 5.51. The molecular weight excluding hydrogens is 204 g/mol. The normalized spacial score (nSPS) is 23.6. The molecule has 0 atom stereocenters. The van der Waals surface area contributed by atoms with Gasteiger partial charge in [-0.15, -0.1) is 0 Å². The van der Waals surface area contributed by atoms with E-state index in [9.17, 15) is 0 Å². The molecule has 16 heavy (non-hydrogen) atoms. The predicted octanol–water partition coefficient (Wildman–Crippen LogP) is 1.35. The van der Waals surface area contributed by atoms with Gasteiger partial charge in [-0.25, -0.2) is 10.8 Å². The van der Waals surface area contributed by atoms with Crippen LogP contribution in [0.15, 0.2) is 18.3 Å². The largest absolute Gasteiger partial charge is 0.382 e. The average molecular weight is 222 g/mol. The van der Waals surface area contributed by atoms with Gasteiger partial charge in [0.2, 0.25) is 0 Å². The van der Waals surface area contributed by atoms with E-state index in [-0.39, 0.29) is 0 Å². The van der Waals surface area contributed by atoms with Gasteiger partial charge in [0.15, 0.2) is 0 Å². The van der Waals surface area contributed by atoms with Gasteiger partial charge in [-0.2, -0.15) is 0 Å². The van der Waals surface area contributed by atoms with Crippen LogP contribution in [0.4, 0.5) is 11.5 Å². The van der Waals surface area contributed by atoms with Crippen LogP contribution in [0.5, 0.6) is 0 Å². The Morgan fingerprint density at radius 3 is 3.06 bits per heavy atom. The number of hydrazine groups is 1. The van der Waals surface area contributed by atoms with Crippen LogP contribution in [0.1, 0.15) is 19.8 Å². The summed E-state index contributed by atoms with van der Waals surface area (Å²) in [6, 6.07) is 4.34. The highest BCUT2D eigenvalue weighted by Gasteiger charge is 2.29. The second-order valence-corrected chi connectivity index (χ2v) is 3.96. The summed E-state index contributed by atoms with van der Waals surface area (Å²) >= 11 is 0. The van der Waals surface area contributed by atoms with Gasteiger partial charge < -0.3 is 15.5 Å². The van der Waals surface area contributed by atoms with E-state index in [0.29, 0.717) is 18.0 Å². The Labute approximate surface area is 95.4 Å². The molecule has 5 heteroatoms. The summed E-state index contributed by atoms with van der Waals surface area (Å²) in [5.41, 5.74) is 3.57. The number of rotatable bonds is 5. The fraction of sp³-hybridized carbons (Fsp3) is 0.545. The zero-order chi connectivity index (χ0) is 11.4. The van der Waals surface area contributed by atoms with Crippen LogP contribution in [0, 0.1) is 0 Å². The standard InChI is InChI=1S/C11H18N4O/c1-2-16-10-5-9(6-10)14-8-3-4-13-11(7-8)15-12/h3-4,7,9-10H,2,5-6,12H2,1H3,(H2,13,14,15). The fourth-order valence-corrected chi connectivity index (χ4v) is 1.89. The fourth-order valence-electron chi connectivity index (χ4n) is 1.89. The van der Waals surface area contributed by atoms with E-state index in [1.54, 1.807) is 6.20 Å². The van der Waals surface area contributed by atoms with Crippen molar-refractivity contribution in [3.63, 3.8) is 0 Å². The van der Waals surface area contributed by atoms with E-state index in [1.807, 2.05) is 19.1 Å². The monoisotopic (exact) mass is 222 g/mol. The maximum atomic E-state index is 5.51. The SMILES string of the molecule is CCOC1CC(Nc2ccnc(NN)c2)C1. The lowest BCUT2D eigenvalue weighted by Gasteiger charge is -2.36. The van der Waals surface area contributed by atoms with Gasteiger partial charge in [-0.05, 0) is 25.8 Å². The zero-order valence-electron chi connectivity index (χ0n) is 9.44. The Hall–Kier alpha value is -1.33. The number of nitrogen functional groups attached to an aromatic ring is 1. The van der Waals surface area contributed by atoms with Crippen molar-refractivity contribution in [3.8, 4) is 0 Å². The average Bonchev–Trinajstić information content (AvgIpc) is 2.27. The summed E-state index contributed by atoms with van der Waals surface area (Å²) in [5.74, 6) is 5.97. The first-order chi connectivity index (χ1) is 7.81. The van der Waals surface area contributed by atoms with Crippen molar-refractivity contribution < 1.29 is 4.74 Å². The van der Waals surface area contributed by atoms with Crippen LogP contribution < -0.4 is 16.6 Å². The van der Waals surface area contributed by atoms with Crippen molar-refractivity contribution in [2.45, 2.75) is 31.9 Å². The van der Waals surface area contributed by atoms with E-state index in [2.05, 4.69) is 15.7 Å². The van der Waals surface area contributed by atoms with Crippen LogP contribution in [-0.4, -0.2) is 23.7 Å². The number of pyridine rings is 1. The molecule has 88 valence electrons. The molecule has 0 unspecified atom stereocenters. The topological polar surface area (TPSA) is 72.2 Å². The third-order valence-corrected chi connectivity index (χ3v) is 2.78. The summed E-state index contributed by atoms with van der Waals surface area (Å²) in [6.45, 7) is 2.83. The van der Waals surface area contributed by atoms with Crippen molar-refractivity contribution in [3.05, 3.63) is 18.3 Å².